The van der Waals surface area contributed by atoms with Crippen LogP contribution in [0.1, 0.15) is 18.1 Å². The van der Waals surface area contributed by atoms with Gasteiger partial charge >= 0.3 is 6.03 Å². The van der Waals surface area contributed by atoms with E-state index >= 15 is 0 Å². The van der Waals surface area contributed by atoms with Crippen molar-refractivity contribution in [3.8, 4) is 0 Å². The van der Waals surface area contributed by atoms with Crippen LogP contribution < -0.4 is 10.6 Å². The van der Waals surface area contributed by atoms with Crippen molar-refractivity contribution in [2.24, 2.45) is 0 Å². The minimum absolute atomic E-state index is 0.335. The van der Waals surface area contributed by atoms with Gasteiger partial charge in [0, 0.05) is 9.26 Å². The van der Waals surface area contributed by atoms with E-state index in [1.165, 1.54) is 0 Å². The maximum absolute atomic E-state index is 12.8. The molecule has 2 aromatic rings. The Labute approximate surface area is 165 Å². The number of carbonyl (C=O) groups excluding carboxylic acids is 3. The lowest BCUT2D eigenvalue weighted by molar-refractivity contribution is -0.133. The van der Waals surface area contributed by atoms with E-state index < -0.39 is 23.4 Å². The van der Waals surface area contributed by atoms with Gasteiger partial charge in [-0.2, -0.15) is 0 Å². The van der Waals surface area contributed by atoms with Crippen LogP contribution in [0.25, 0.3) is 0 Å². The smallest absolute Gasteiger partial charge is 0.324 e. The van der Waals surface area contributed by atoms with Crippen molar-refractivity contribution < 1.29 is 14.4 Å². The highest BCUT2D eigenvalue weighted by Crippen LogP contribution is 2.28. The second kappa shape index (κ2) is 7.06. The van der Waals surface area contributed by atoms with Gasteiger partial charge in [0.1, 0.15) is 12.1 Å². The number of nitrogens with zero attached hydrogens (tertiary/aromatic N) is 1. The summed E-state index contributed by atoms with van der Waals surface area (Å²) < 4.78 is 1.06. The molecule has 134 valence electrons. The molecular formula is C19H18IN3O3. The molecule has 1 aliphatic rings. The summed E-state index contributed by atoms with van der Waals surface area (Å²) in [6.45, 7) is 3.19. The molecule has 1 fully saturated rings. The van der Waals surface area contributed by atoms with Gasteiger partial charge in [-0.1, -0.05) is 30.3 Å². The average molecular weight is 463 g/mol. The number of carbonyl (C=O) groups is 3. The van der Waals surface area contributed by atoms with Crippen LogP contribution in [-0.2, 0) is 15.1 Å². The zero-order valence-electron chi connectivity index (χ0n) is 14.4. The number of halogens is 1. The number of hydrogen-bond acceptors (Lipinski definition) is 3. The van der Waals surface area contributed by atoms with E-state index in [2.05, 4.69) is 33.2 Å². The highest BCUT2D eigenvalue weighted by atomic mass is 127. The summed E-state index contributed by atoms with van der Waals surface area (Å²) in [5.74, 6) is -0.863. The Morgan fingerprint density at radius 3 is 2.54 bits per heavy atom. The van der Waals surface area contributed by atoms with Gasteiger partial charge in [0.2, 0.25) is 5.91 Å². The van der Waals surface area contributed by atoms with Crippen molar-refractivity contribution in [2.45, 2.75) is 19.4 Å². The van der Waals surface area contributed by atoms with Gasteiger partial charge in [0.05, 0.1) is 0 Å². The van der Waals surface area contributed by atoms with E-state index in [4.69, 9.17) is 0 Å². The number of rotatable bonds is 4. The van der Waals surface area contributed by atoms with Crippen LogP contribution in [0, 0.1) is 10.5 Å². The van der Waals surface area contributed by atoms with Crippen LogP contribution in [0.5, 0.6) is 0 Å². The van der Waals surface area contributed by atoms with Crippen molar-refractivity contribution in [1.82, 2.24) is 10.2 Å². The number of anilines is 1. The number of imide groups is 1. The maximum Gasteiger partial charge on any atom is 0.325 e. The largest absolute Gasteiger partial charge is 0.325 e. The van der Waals surface area contributed by atoms with Crippen molar-refractivity contribution in [3.63, 3.8) is 0 Å². The first kappa shape index (κ1) is 18.4. The fourth-order valence-corrected chi connectivity index (χ4v) is 3.56. The fraction of sp³-hybridized carbons (Fsp3) is 0.211. The SMILES string of the molecule is Cc1cc(I)ccc1NC(=O)CN1C(=O)NC(C)(c2ccccc2)C1=O. The molecule has 1 aliphatic heterocycles. The van der Waals surface area contributed by atoms with E-state index in [9.17, 15) is 14.4 Å². The van der Waals surface area contributed by atoms with Gasteiger partial charge in [-0.3, -0.25) is 14.5 Å². The Kier molecular flexibility index (Phi) is 4.99. The average Bonchev–Trinajstić information content (AvgIpc) is 2.82. The molecule has 0 aliphatic carbocycles. The number of urea groups is 1. The first-order valence-electron chi connectivity index (χ1n) is 8.07. The number of nitrogens with one attached hydrogen (secondary N) is 2. The van der Waals surface area contributed by atoms with Gasteiger partial charge in [0.15, 0.2) is 0 Å². The molecule has 26 heavy (non-hydrogen) atoms. The van der Waals surface area contributed by atoms with Crippen LogP contribution in [0.2, 0.25) is 0 Å². The van der Waals surface area contributed by atoms with Crippen molar-refractivity contribution >= 4 is 46.1 Å². The minimum atomic E-state index is -1.17. The summed E-state index contributed by atoms with van der Waals surface area (Å²) in [5.41, 5.74) is 1.08. The van der Waals surface area contributed by atoms with E-state index in [-0.39, 0.29) is 6.54 Å². The zero-order valence-corrected chi connectivity index (χ0v) is 16.5. The van der Waals surface area contributed by atoms with E-state index in [1.807, 2.05) is 25.1 Å². The third kappa shape index (κ3) is 3.44. The van der Waals surface area contributed by atoms with Gasteiger partial charge in [-0.25, -0.2) is 4.79 Å². The predicted octanol–water partition coefficient (Wildman–Crippen LogP) is 3.01. The summed E-state index contributed by atoms with van der Waals surface area (Å²) in [4.78, 5) is 38.4. The van der Waals surface area contributed by atoms with E-state index in [0.29, 0.717) is 11.3 Å². The standard InChI is InChI=1S/C19H18IN3O3/c1-12-10-14(20)8-9-15(12)21-16(24)11-23-17(25)19(2,22-18(23)26)13-6-4-3-5-7-13/h3-10H,11H2,1-2H3,(H,21,24)(H,22,26). The molecule has 0 saturated carbocycles. The number of aryl methyl sites for hydroxylation is 1. The van der Waals surface area contributed by atoms with Gasteiger partial charge < -0.3 is 10.6 Å². The Balaban J connectivity index is 1.74. The molecule has 2 aromatic carbocycles. The minimum Gasteiger partial charge on any atom is -0.324 e. The first-order valence-corrected chi connectivity index (χ1v) is 9.15. The summed E-state index contributed by atoms with van der Waals surface area (Å²) in [6, 6.07) is 14.0. The summed E-state index contributed by atoms with van der Waals surface area (Å²) in [7, 11) is 0. The van der Waals surface area contributed by atoms with Gasteiger partial charge in [-0.05, 0) is 65.8 Å². The molecule has 0 radical (unpaired) electrons. The third-order valence-corrected chi connectivity index (χ3v) is 5.06. The van der Waals surface area contributed by atoms with Crippen molar-refractivity contribution in [3.05, 3.63) is 63.2 Å². The normalized spacial score (nSPS) is 19.4. The van der Waals surface area contributed by atoms with Gasteiger partial charge in [0.25, 0.3) is 5.91 Å². The second-order valence-electron chi connectivity index (χ2n) is 6.32. The molecule has 0 bridgehead atoms. The molecule has 1 unspecified atom stereocenters. The molecule has 0 spiro atoms. The summed E-state index contributed by atoms with van der Waals surface area (Å²) in [5, 5.41) is 5.45. The first-order chi connectivity index (χ1) is 12.3. The van der Waals surface area contributed by atoms with Crippen molar-refractivity contribution in [1.29, 1.82) is 0 Å². The topological polar surface area (TPSA) is 78.5 Å². The summed E-state index contributed by atoms with van der Waals surface area (Å²) in [6.07, 6.45) is 0. The Morgan fingerprint density at radius 2 is 1.88 bits per heavy atom. The molecule has 1 saturated heterocycles. The molecule has 4 amide bonds. The second-order valence-corrected chi connectivity index (χ2v) is 7.57. The predicted molar refractivity (Wildman–Crippen MR) is 107 cm³/mol. The highest BCUT2D eigenvalue weighted by Gasteiger charge is 2.49. The molecule has 6 nitrogen and oxygen atoms in total. The van der Waals surface area contributed by atoms with Gasteiger partial charge in [-0.15, -0.1) is 0 Å². The van der Waals surface area contributed by atoms with Crippen LogP contribution >= 0.6 is 22.6 Å². The number of hydrogen-bond donors (Lipinski definition) is 2. The molecular weight excluding hydrogens is 445 g/mol. The van der Waals surface area contributed by atoms with E-state index in [1.54, 1.807) is 37.3 Å². The van der Waals surface area contributed by atoms with Crippen LogP contribution in [0.15, 0.2) is 48.5 Å². The van der Waals surface area contributed by atoms with Crippen LogP contribution in [-0.4, -0.2) is 29.3 Å². The molecule has 3 rings (SSSR count). The molecule has 1 heterocycles. The lowest BCUT2D eigenvalue weighted by Gasteiger charge is -2.22. The monoisotopic (exact) mass is 463 g/mol. The highest BCUT2D eigenvalue weighted by molar-refractivity contribution is 14.1. The third-order valence-electron chi connectivity index (χ3n) is 4.39. The van der Waals surface area contributed by atoms with E-state index in [0.717, 1.165) is 14.0 Å². The molecule has 2 N–H and O–H groups in total. The van der Waals surface area contributed by atoms with Crippen LogP contribution in [0.3, 0.4) is 0 Å². The van der Waals surface area contributed by atoms with Crippen molar-refractivity contribution in [2.75, 3.05) is 11.9 Å². The Bertz CT molecular complexity index is 885. The Hall–Kier alpha value is -2.42. The maximum atomic E-state index is 12.8. The van der Waals surface area contributed by atoms with Crippen LogP contribution in [0.4, 0.5) is 10.5 Å². The Morgan fingerprint density at radius 1 is 1.19 bits per heavy atom. The quantitative estimate of drug-likeness (QED) is 0.541. The number of amides is 4. The fourth-order valence-electron chi connectivity index (χ4n) is 2.91. The lowest BCUT2D eigenvalue weighted by atomic mass is 9.92. The summed E-state index contributed by atoms with van der Waals surface area (Å²) >= 11 is 2.19. The molecule has 7 heteroatoms. The number of benzene rings is 2. The molecule has 0 aromatic heterocycles. The lowest BCUT2D eigenvalue weighted by Crippen LogP contribution is -2.42. The molecule has 1 atom stereocenters. The zero-order chi connectivity index (χ0) is 18.9.